The molecule has 2 unspecified atom stereocenters. The molecule has 3 aliphatic rings. The van der Waals surface area contributed by atoms with E-state index in [0.29, 0.717) is 23.2 Å². The van der Waals surface area contributed by atoms with E-state index in [-0.39, 0.29) is 5.92 Å². The number of hydrogen-bond acceptors (Lipinski definition) is 4. The minimum absolute atomic E-state index is 0.254. The van der Waals surface area contributed by atoms with E-state index in [1.54, 1.807) is 6.20 Å². The van der Waals surface area contributed by atoms with Gasteiger partial charge in [-0.25, -0.2) is 9.97 Å². The second-order valence-corrected chi connectivity index (χ2v) is 7.92. The van der Waals surface area contributed by atoms with Gasteiger partial charge in [0.15, 0.2) is 5.82 Å². The molecule has 7 heteroatoms. The van der Waals surface area contributed by atoms with E-state index < -0.39 is 0 Å². The van der Waals surface area contributed by atoms with Gasteiger partial charge in [-0.15, -0.1) is 0 Å². The molecular formula is C16H18BrN5O. The second-order valence-electron chi connectivity index (χ2n) is 7.17. The van der Waals surface area contributed by atoms with Crippen molar-refractivity contribution in [1.29, 1.82) is 0 Å². The molecule has 1 amide bonds. The lowest BCUT2D eigenvalue weighted by molar-refractivity contribution is -0.130. The lowest BCUT2D eigenvalue weighted by atomic mass is 9.86. The number of nitrogen functional groups attached to an aromatic ring is 1. The van der Waals surface area contributed by atoms with Crippen molar-refractivity contribution >= 4 is 33.2 Å². The van der Waals surface area contributed by atoms with E-state index in [1.807, 2.05) is 10.6 Å². The summed E-state index contributed by atoms with van der Waals surface area (Å²) in [6.45, 7) is 0.777. The Kier molecular flexibility index (Phi) is 2.67. The zero-order valence-electron chi connectivity index (χ0n) is 12.7. The highest BCUT2D eigenvalue weighted by atomic mass is 79.9. The number of amides is 1. The van der Waals surface area contributed by atoms with Crippen LogP contribution in [0.5, 0.6) is 0 Å². The number of fused-ring (bicyclic) bond motifs is 3. The van der Waals surface area contributed by atoms with Crippen LogP contribution in [0.4, 0.5) is 5.82 Å². The van der Waals surface area contributed by atoms with Crippen LogP contribution in [0.25, 0.3) is 5.52 Å². The molecule has 0 radical (unpaired) electrons. The van der Waals surface area contributed by atoms with E-state index in [1.165, 1.54) is 12.8 Å². The lowest BCUT2D eigenvalue weighted by Gasteiger charge is -2.37. The Morgan fingerprint density at radius 3 is 2.96 bits per heavy atom. The summed E-state index contributed by atoms with van der Waals surface area (Å²) in [5.74, 6) is 2.04. The first-order chi connectivity index (χ1) is 11.1. The summed E-state index contributed by atoms with van der Waals surface area (Å²) in [6, 6.07) is 0.465. The summed E-state index contributed by atoms with van der Waals surface area (Å²) in [4.78, 5) is 23.4. The summed E-state index contributed by atoms with van der Waals surface area (Å²) in [5, 5.41) is 0. The Morgan fingerprint density at radius 2 is 2.17 bits per heavy atom. The van der Waals surface area contributed by atoms with Gasteiger partial charge in [0, 0.05) is 37.3 Å². The summed E-state index contributed by atoms with van der Waals surface area (Å²) in [5.41, 5.74) is 7.13. The normalized spacial score (nSPS) is 28.6. The molecule has 2 aliphatic heterocycles. The fourth-order valence-corrected chi connectivity index (χ4v) is 5.19. The van der Waals surface area contributed by atoms with E-state index in [9.17, 15) is 4.79 Å². The van der Waals surface area contributed by atoms with Gasteiger partial charge in [0.1, 0.15) is 15.9 Å². The van der Waals surface area contributed by atoms with E-state index in [4.69, 9.17) is 5.73 Å². The Labute approximate surface area is 142 Å². The number of piperidine rings is 1. The minimum atomic E-state index is 0.254. The highest BCUT2D eigenvalue weighted by molar-refractivity contribution is 9.10. The first-order valence-corrected chi connectivity index (χ1v) is 8.96. The van der Waals surface area contributed by atoms with Crippen molar-refractivity contribution in [1.82, 2.24) is 19.3 Å². The molecule has 120 valence electrons. The molecule has 1 aliphatic carbocycles. The molecule has 2 N–H and O–H groups in total. The fourth-order valence-electron chi connectivity index (χ4n) is 4.62. The number of aromatic nitrogens is 3. The third kappa shape index (κ3) is 1.83. The fraction of sp³-hybridized carbons (Fsp3) is 0.562. The van der Waals surface area contributed by atoms with Crippen molar-refractivity contribution in [2.24, 2.45) is 5.41 Å². The average Bonchev–Trinajstić information content (AvgIpc) is 3.15. The maximum atomic E-state index is 12.4. The topological polar surface area (TPSA) is 76.5 Å². The standard InChI is InChI=1S/C16H18BrN5O/c17-13-12-14(18)19-5-6-21(12)15(20-13)9-1-2-10-16(3-4-16)7-11(23)22(10)8-9/h5-6,9-10H,1-4,7-8H2,(H2,18,19). The van der Waals surface area contributed by atoms with Crippen LogP contribution in [-0.4, -0.2) is 37.8 Å². The van der Waals surface area contributed by atoms with Gasteiger partial charge in [-0.3, -0.25) is 9.20 Å². The first kappa shape index (κ1) is 13.8. The van der Waals surface area contributed by atoms with Crippen LogP contribution in [0.2, 0.25) is 0 Å². The Morgan fingerprint density at radius 1 is 1.35 bits per heavy atom. The van der Waals surface area contributed by atoms with E-state index in [2.05, 4.69) is 30.8 Å². The lowest BCUT2D eigenvalue weighted by Crippen LogP contribution is -2.43. The van der Waals surface area contributed by atoms with Crippen LogP contribution in [0.15, 0.2) is 17.0 Å². The van der Waals surface area contributed by atoms with E-state index >= 15 is 0 Å². The number of rotatable bonds is 1. The van der Waals surface area contributed by atoms with Crippen molar-refractivity contribution in [2.75, 3.05) is 12.3 Å². The van der Waals surface area contributed by atoms with Gasteiger partial charge >= 0.3 is 0 Å². The Hall–Kier alpha value is -1.63. The van der Waals surface area contributed by atoms with Crippen molar-refractivity contribution in [2.45, 2.75) is 44.1 Å². The van der Waals surface area contributed by atoms with Gasteiger partial charge in [0.05, 0.1) is 0 Å². The number of nitrogens with two attached hydrogens (primary N) is 1. The zero-order chi connectivity index (χ0) is 15.8. The van der Waals surface area contributed by atoms with Gasteiger partial charge in [-0.2, -0.15) is 0 Å². The molecule has 0 aromatic carbocycles. The number of halogens is 1. The summed E-state index contributed by atoms with van der Waals surface area (Å²) < 4.78 is 2.75. The zero-order valence-corrected chi connectivity index (χ0v) is 14.3. The first-order valence-electron chi connectivity index (χ1n) is 8.16. The molecule has 6 nitrogen and oxygen atoms in total. The summed E-state index contributed by atoms with van der Waals surface area (Å²) in [7, 11) is 0. The molecule has 0 bridgehead atoms. The minimum Gasteiger partial charge on any atom is -0.382 e. The quantitative estimate of drug-likeness (QED) is 0.829. The Balaban J connectivity index is 1.52. The molecule has 23 heavy (non-hydrogen) atoms. The number of imidazole rings is 1. The highest BCUT2D eigenvalue weighted by Gasteiger charge is 2.59. The Bertz CT molecular complexity index is 827. The number of carbonyl (C=O) groups is 1. The predicted octanol–water partition coefficient (Wildman–Crippen LogP) is 2.33. The van der Waals surface area contributed by atoms with E-state index in [0.717, 1.165) is 41.8 Å². The molecule has 3 fully saturated rings. The molecule has 1 saturated carbocycles. The van der Waals surface area contributed by atoms with Gasteiger partial charge in [0.2, 0.25) is 5.91 Å². The molecular weight excluding hydrogens is 358 g/mol. The SMILES string of the molecule is Nc1nccn2c(C3CCC4N(C3)C(=O)CC43CC3)nc(Br)c12. The summed E-state index contributed by atoms with van der Waals surface area (Å²) in [6.07, 6.45) is 8.97. The molecule has 2 saturated heterocycles. The third-order valence-corrected chi connectivity index (χ3v) is 6.49. The van der Waals surface area contributed by atoms with Crippen molar-refractivity contribution in [3.63, 3.8) is 0 Å². The molecule has 2 aromatic heterocycles. The average molecular weight is 376 g/mol. The number of nitrogens with zero attached hydrogens (tertiary/aromatic N) is 4. The smallest absolute Gasteiger partial charge is 0.223 e. The van der Waals surface area contributed by atoms with Gasteiger partial charge in [0.25, 0.3) is 0 Å². The van der Waals surface area contributed by atoms with Crippen molar-refractivity contribution in [3.8, 4) is 0 Å². The highest BCUT2D eigenvalue weighted by Crippen LogP contribution is 2.60. The van der Waals surface area contributed by atoms with Crippen LogP contribution >= 0.6 is 15.9 Å². The maximum Gasteiger partial charge on any atom is 0.223 e. The van der Waals surface area contributed by atoms with Crippen LogP contribution in [0.3, 0.4) is 0 Å². The molecule has 2 aromatic rings. The third-order valence-electron chi connectivity index (χ3n) is 5.94. The van der Waals surface area contributed by atoms with Crippen LogP contribution in [-0.2, 0) is 4.79 Å². The monoisotopic (exact) mass is 375 g/mol. The molecule has 4 heterocycles. The largest absolute Gasteiger partial charge is 0.382 e. The predicted molar refractivity (Wildman–Crippen MR) is 88.9 cm³/mol. The second kappa shape index (κ2) is 4.47. The van der Waals surface area contributed by atoms with Crippen LogP contribution in [0, 0.1) is 5.41 Å². The number of anilines is 1. The molecule has 2 atom stereocenters. The van der Waals surface area contributed by atoms with Crippen molar-refractivity contribution in [3.05, 3.63) is 22.8 Å². The van der Waals surface area contributed by atoms with Crippen LogP contribution in [0.1, 0.15) is 43.8 Å². The van der Waals surface area contributed by atoms with Crippen molar-refractivity contribution < 1.29 is 4.79 Å². The van der Waals surface area contributed by atoms with Gasteiger partial charge in [-0.1, -0.05) is 0 Å². The number of hydrogen-bond donors (Lipinski definition) is 1. The molecule has 1 spiro atoms. The van der Waals surface area contributed by atoms with Gasteiger partial charge in [-0.05, 0) is 47.0 Å². The molecule has 5 rings (SSSR count). The van der Waals surface area contributed by atoms with Gasteiger partial charge < -0.3 is 10.6 Å². The maximum absolute atomic E-state index is 12.4. The van der Waals surface area contributed by atoms with Crippen LogP contribution < -0.4 is 5.73 Å². The summed E-state index contributed by atoms with van der Waals surface area (Å²) >= 11 is 3.50. The number of carbonyl (C=O) groups excluding carboxylic acids is 1.